The zero-order valence-corrected chi connectivity index (χ0v) is 15.8. The molecular formula is C21H24N4O2. The van der Waals surface area contributed by atoms with Gasteiger partial charge in [0.2, 0.25) is 11.8 Å². The molecule has 0 aliphatic heterocycles. The molecule has 2 aromatic carbocycles. The largest absolute Gasteiger partial charge is 0.346 e. The molecule has 1 heterocycles. The average Bonchev–Trinajstić information content (AvgIpc) is 3.02. The van der Waals surface area contributed by atoms with Crippen molar-refractivity contribution in [3.63, 3.8) is 0 Å². The molecule has 27 heavy (non-hydrogen) atoms. The Morgan fingerprint density at radius 2 is 1.78 bits per heavy atom. The Bertz CT molecular complexity index is 977. The van der Waals surface area contributed by atoms with Crippen LogP contribution in [0, 0.1) is 6.92 Å². The Kier molecular flexibility index (Phi) is 5.54. The van der Waals surface area contributed by atoms with Gasteiger partial charge in [0.15, 0.2) is 0 Å². The molecule has 6 heteroatoms. The van der Waals surface area contributed by atoms with Crippen LogP contribution < -0.4 is 10.6 Å². The van der Waals surface area contributed by atoms with Crippen molar-refractivity contribution in [3.8, 4) is 0 Å². The second-order valence-corrected chi connectivity index (χ2v) is 6.55. The summed E-state index contributed by atoms with van der Waals surface area (Å²) in [5.41, 5.74) is 3.46. The van der Waals surface area contributed by atoms with Gasteiger partial charge in [0, 0.05) is 12.1 Å². The number of carbonyl (C=O) groups is 2. The number of aromatic nitrogens is 2. The number of imidazole rings is 1. The Labute approximate surface area is 158 Å². The minimum absolute atomic E-state index is 0.0505. The van der Waals surface area contributed by atoms with E-state index in [0.29, 0.717) is 12.2 Å². The molecule has 1 atom stereocenters. The SMILES string of the molecule is CCC(=O)NC(C)c1nc2ccccc2n1CC(=O)Nc1ccccc1C. The standard InChI is InChI=1S/C21H24N4O2/c1-4-19(26)22-15(3)21-24-17-11-7-8-12-18(17)25(21)13-20(27)23-16-10-6-5-9-14(16)2/h5-12,15H,4,13H2,1-3H3,(H,22,26)(H,23,27). The highest BCUT2D eigenvalue weighted by atomic mass is 16.2. The number of nitrogens with one attached hydrogen (secondary N) is 2. The van der Waals surface area contributed by atoms with Gasteiger partial charge in [0.1, 0.15) is 12.4 Å². The van der Waals surface area contributed by atoms with Crippen LogP contribution in [0.1, 0.15) is 37.7 Å². The fraction of sp³-hybridized carbons (Fsp3) is 0.286. The lowest BCUT2D eigenvalue weighted by Crippen LogP contribution is -2.29. The van der Waals surface area contributed by atoms with Crippen LogP contribution in [-0.2, 0) is 16.1 Å². The van der Waals surface area contributed by atoms with E-state index in [1.807, 2.05) is 66.9 Å². The first-order valence-electron chi connectivity index (χ1n) is 9.09. The summed E-state index contributed by atoms with van der Waals surface area (Å²) in [5.74, 6) is 0.478. The van der Waals surface area contributed by atoms with Crippen LogP contribution in [0.4, 0.5) is 5.69 Å². The molecule has 0 bridgehead atoms. The molecule has 1 aromatic heterocycles. The maximum atomic E-state index is 12.7. The number of benzene rings is 2. The number of hydrogen-bond acceptors (Lipinski definition) is 3. The van der Waals surface area contributed by atoms with Crippen molar-refractivity contribution in [2.24, 2.45) is 0 Å². The van der Waals surface area contributed by atoms with E-state index in [2.05, 4.69) is 15.6 Å². The number of carbonyl (C=O) groups excluding carboxylic acids is 2. The monoisotopic (exact) mass is 364 g/mol. The number of fused-ring (bicyclic) bond motifs is 1. The minimum atomic E-state index is -0.295. The summed E-state index contributed by atoms with van der Waals surface area (Å²) < 4.78 is 1.86. The van der Waals surface area contributed by atoms with Gasteiger partial charge >= 0.3 is 0 Å². The van der Waals surface area contributed by atoms with E-state index < -0.39 is 0 Å². The zero-order valence-electron chi connectivity index (χ0n) is 15.8. The van der Waals surface area contributed by atoms with Crippen molar-refractivity contribution >= 4 is 28.5 Å². The van der Waals surface area contributed by atoms with Gasteiger partial charge in [-0.1, -0.05) is 37.3 Å². The fourth-order valence-corrected chi connectivity index (χ4v) is 3.05. The van der Waals surface area contributed by atoms with Crippen molar-refractivity contribution in [2.45, 2.75) is 39.8 Å². The second-order valence-electron chi connectivity index (χ2n) is 6.55. The maximum absolute atomic E-state index is 12.7. The molecule has 1 unspecified atom stereocenters. The summed E-state index contributed by atoms with van der Waals surface area (Å²) in [6.07, 6.45) is 0.401. The van der Waals surface area contributed by atoms with E-state index in [4.69, 9.17) is 0 Å². The van der Waals surface area contributed by atoms with Crippen LogP contribution in [0.2, 0.25) is 0 Å². The van der Waals surface area contributed by atoms with Crippen LogP contribution in [0.3, 0.4) is 0 Å². The summed E-state index contributed by atoms with van der Waals surface area (Å²) >= 11 is 0. The third-order valence-electron chi connectivity index (χ3n) is 4.49. The van der Waals surface area contributed by atoms with E-state index >= 15 is 0 Å². The number of amides is 2. The zero-order chi connectivity index (χ0) is 19.4. The fourth-order valence-electron chi connectivity index (χ4n) is 3.05. The lowest BCUT2D eigenvalue weighted by molar-refractivity contribution is -0.121. The molecule has 3 aromatic rings. The van der Waals surface area contributed by atoms with Crippen LogP contribution in [0.25, 0.3) is 11.0 Å². The molecular weight excluding hydrogens is 340 g/mol. The van der Waals surface area contributed by atoms with E-state index in [9.17, 15) is 9.59 Å². The van der Waals surface area contributed by atoms with Gasteiger partial charge in [0.05, 0.1) is 17.1 Å². The Balaban J connectivity index is 1.90. The van der Waals surface area contributed by atoms with Crippen molar-refractivity contribution in [2.75, 3.05) is 5.32 Å². The van der Waals surface area contributed by atoms with Crippen molar-refractivity contribution in [1.82, 2.24) is 14.9 Å². The quantitative estimate of drug-likeness (QED) is 0.702. The highest BCUT2D eigenvalue weighted by Crippen LogP contribution is 2.21. The Hall–Kier alpha value is -3.15. The first-order valence-corrected chi connectivity index (χ1v) is 9.09. The van der Waals surface area contributed by atoms with E-state index in [0.717, 1.165) is 22.3 Å². The third-order valence-corrected chi connectivity index (χ3v) is 4.49. The van der Waals surface area contributed by atoms with E-state index in [1.54, 1.807) is 6.92 Å². The molecule has 0 fully saturated rings. The summed E-state index contributed by atoms with van der Waals surface area (Å²) in [6.45, 7) is 5.76. The first kappa shape index (κ1) is 18.6. The summed E-state index contributed by atoms with van der Waals surface area (Å²) in [4.78, 5) is 29.1. The number of rotatable bonds is 6. The van der Waals surface area contributed by atoms with Gasteiger partial charge in [-0.25, -0.2) is 4.98 Å². The van der Waals surface area contributed by atoms with Crippen molar-refractivity contribution in [3.05, 3.63) is 59.9 Å². The van der Waals surface area contributed by atoms with E-state index in [1.165, 1.54) is 0 Å². The molecule has 0 aliphatic carbocycles. The normalized spacial score (nSPS) is 12.0. The molecule has 0 saturated carbocycles. The summed E-state index contributed by atoms with van der Waals surface area (Å²) in [7, 11) is 0. The van der Waals surface area contributed by atoms with Crippen molar-refractivity contribution in [1.29, 1.82) is 0 Å². The van der Waals surface area contributed by atoms with Crippen LogP contribution >= 0.6 is 0 Å². The molecule has 2 amide bonds. The van der Waals surface area contributed by atoms with Crippen LogP contribution in [0.15, 0.2) is 48.5 Å². The van der Waals surface area contributed by atoms with Gasteiger partial charge < -0.3 is 15.2 Å². The molecule has 0 aliphatic rings. The van der Waals surface area contributed by atoms with Gasteiger partial charge in [0.25, 0.3) is 0 Å². The smallest absolute Gasteiger partial charge is 0.244 e. The second kappa shape index (κ2) is 8.03. The lowest BCUT2D eigenvalue weighted by Gasteiger charge is -2.16. The summed E-state index contributed by atoms with van der Waals surface area (Å²) in [5, 5.41) is 5.88. The van der Waals surface area contributed by atoms with Gasteiger partial charge in [-0.15, -0.1) is 0 Å². The minimum Gasteiger partial charge on any atom is -0.346 e. The predicted octanol–water partition coefficient (Wildman–Crippen LogP) is 3.57. The maximum Gasteiger partial charge on any atom is 0.244 e. The van der Waals surface area contributed by atoms with Gasteiger partial charge in [-0.2, -0.15) is 0 Å². The van der Waals surface area contributed by atoms with Crippen LogP contribution in [0.5, 0.6) is 0 Å². The summed E-state index contributed by atoms with van der Waals surface area (Å²) in [6, 6.07) is 15.0. The number of para-hydroxylation sites is 3. The molecule has 3 rings (SSSR count). The van der Waals surface area contributed by atoms with E-state index in [-0.39, 0.29) is 24.4 Å². The lowest BCUT2D eigenvalue weighted by atomic mass is 10.2. The Morgan fingerprint density at radius 1 is 1.07 bits per heavy atom. The average molecular weight is 364 g/mol. The van der Waals surface area contributed by atoms with Gasteiger partial charge in [-0.05, 0) is 37.6 Å². The number of nitrogens with zero attached hydrogens (tertiary/aromatic N) is 2. The predicted molar refractivity (Wildman–Crippen MR) is 106 cm³/mol. The highest BCUT2D eigenvalue weighted by molar-refractivity contribution is 5.92. The van der Waals surface area contributed by atoms with Crippen molar-refractivity contribution < 1.29 is 9.59 Å². The number of hydrogen-bond donors (Lipinski definition) is 2. The number of aryl methyl sites for hydroxylation is 1. The molecule has 2 N–H and O–H groups in total. The number of anilines is 1. The van der Waals surface area contributed by atoms with Gasteiger partial charge in [-0.3, -0.25) is 9.59 Å². The van der Waals surface area contributed by atoms with Crippen LogP contribution in [-0.4, -0.2) is 21.4 Å². The highest BCUT2D eigenvalue weighted by Gasteiger charge is 2.19. The topological polar surface area (TPSA) is 76.0 Å². The molecule has 0 radical (unpaired) electrons. The first-order chi connectivity index (χ1) is 13.0. The Morgan fingerprint density at radius 3 is 2.52 bits per heavy atom. The third kappa shape index (κ3) is 4.16. The molecule has 140 valence electrons. The molecule has 6 nitrogen and oxygen atoms in total. The molecule has 0 spiro atoms. The molecule has 0 saturated heterocycles.